The Kier molecular flexibility index (Phi) is 4.88. The van der Waals surface area contributed by atoms with Gasteiger partial charge in [0.1, 0.15) is 17.4 Å². The minimum Gasteiger partial charge on any atom is -0.482 e. The number of aliphatic carboxylic acids is 1. The molecule has 1 fully saturated rings. The monoisotopic (exact) mass is 361 g/mol. The average Bonchev–Trinajstić information content (AvgIpc) is 2.57. The van der Waals surface area contributed by atoms with Crippen LogP contribution in [0.1, 0.15) is 35.2 Å². The van der Waals surface area contributed by atoms with Crippen molar-refractivity contribution in [2.45, 2.75) is 24.8 Å². The molecule has 3 rings (SSSR count). The number of carbonyl (C=O) groups excluding carboxylic acids is 1. The number of hydrogen-bond donors (Lipinski definition) is 2. The Balaban J connectivity index is 1.80. The van der Waals surface area contributed by atoms with Crippen LogP contribution in [-0.4, -0.2) is 23.6 Å². The summed E-state index contributed by atoms with van der Waals surface area (Å²) in [4.78, 5) is 23.2. The Hall–Kier alpha value is -2.96. The number of carboxylic acid groups (broad SMARTS) is 1. The lowest BCUT2D eigenvalue weighted by atomic mass is 9.71. The van der Waals surface area contributed by atoms with Gasteiger partial charge in [-0.3, -0.25) is 4.79 Å². The molecule has 1 aliphatic rings. The molecule has 1 amide bonds. The van der Waals surface area contributed by atoms with Gasteiger partial charge in [0.2, 0.25) is 0 Å². The van der Waals surface area contributed by atoms with Crippen molar-refractivity contribution in [1.29, 1.82) is 0 Å². The van der Waals surface area contributed by atoms with Crippen LogP contribution in [0.25, 0.3) is 0 Å². The molecule has 1 aliphatic carbocycles. The van der Waals surface area contributed by atoms with E-state index in [2.05, 4.69) is 5.32 Å². The van der Waals surface area contributed by atoms with Crippen LogP contribution < -0.4 is 10.1 Å². The predicted molar refractivity (Wildman–Crippen MR) is 88.9 cm³/mol. The molecular weight excluding hydrogens is 344 g/mol. The van der Waals surface area contributed by atoms with Crippen molar-refractivity contribution >= 4 is 11.9 Å². The average molecular weight is 361 g/mol. The molecule has 2 N–H and O–H groups in total. The van der Waals surface area contributed by atoms with Gasteiger partial charge in [-0.15, -0.1) is 0 Å². The fourth-order valence-corrected chi connectivity index (χ4v) is 3.03. The maximum absolute atomic E-state index is 14.2. The second-order valence-corrected chi connectivity index (χ2v) is 6.22. The number of amides is 1. The van der Waals surface area contributed by atoms with Gasteiger partial charge in [-0.2, -0.15) is 0 Å². The van der Waals surface area contributed by atoms with Crippen molar-refractivity contribution in [3.8, 4) is 5.75 Å². The second kappa shape index (κ2) is 7.11. The van der Waals surface area contributed by atoms with Gasteiger partial charge < -0.3 is 15.2 Å². The molecule has 0 unspecified atom stereocenters. The molecule has 1 saturated carbocycles. The first kappa shape index (κ1) is 17.8. The smallest absolute Gasteiger partial charge is 0.341 e. The van der Waals surface area contributed by atoms with E-state index in [0.29, 0.717) is 12.8 Å². The summed E-state index contributed by atoms with van der Waals surface area (Å²) in [5.41, 5.74) is -0.342. The number of carboxylic acids is 1. The third kappa shape index (κ3) is 3.66. The summed E-state index contributed by atoms with van der Waals surface area (Å²) in [6.45, 7) is -0.518. The van der Waals surface area contributed by atoms with Gasteiger partial charge in [-0.25, -0.2) is 13.6 Å². The Labute approximate surface area is 148 Å². The fraction of sp³-hybridized carbons (Fsp3) is 0.263. The van der Waals surface area contributed by atoms with E-state index in [1.807, 2.05) is 0 Å². The quantitative estimate of drug-likeness (QED) is 0.828. The van der Waals surface area contributed by atoms with E-state index in [0.717, 1.165) is 12.5 Å². The molecule has 2 aromatic rings. The van der Waals surface area contributed by atoms with Crippen molar-refractivity contribution in [1.82, 2.24) is 5.32 Å². The SMILES string of the molecule is O=C(O)COc1cccc(C(=O)NC2(c3ccc(F)cc3F)CCC2)c1. The number of benzene rings is 2. The molecule has 0 bridgehead atoms. The maximum Gasteiger partial charge on any atom is 0.341 e. The van der Waals surface area contributed by atoms with E-state index in [1.165, 1.54) is 18.2 Å². The molecule has 0 aliphatic heterocycles. The summed E-state index contributed by atoms with van der Waals surface area (Å²) in [7, 11) is 0. The van der Waals surface area contributed by atoms with Crippen LogP contribution in [0.4, 0.5) is 8.78 Å². The van der Waals surface area contributed by atoms with E-state index < -0.39 is 35.7 Å². The lowest BCUT2D eigenvalue weighted by Crippen LogP contribution is -2.51. The highest BCUT2D eigenvalue weighted by Gasteiger charge is 2.42. The molecule has 0 saturated heterocycles. The Bertz CT molecular complexity index is 849. The molecule has 0 atom stereocenters. The topological polar surface area (TPSA) is 75.6 Å². The normalized spacial score (nSPS) is 15.0. The fourth-order valence-electron chi connectivity index (χ4n) is 3.03. The molecule has 26 heavy (non-hydrogen) atoms. The van der Waals surface area contributed by atoms with Crippen LogP contribution in [-0.2, 0) is 10.3 Å². The highest BCUT2D eigenvalue weighted by atomic mass is 19.1. The molecule has 5 nitrogen and oxygen atoms in total. The van der Waals surface area contributed by atoms with Crippen LogP contribution in [0.5, 0.6) is 5.75 Å². The number of carbonyl (C=O) groups is 2. The first-order valence-electron chi connectivity index (χ1n) is 8.12. The number of rotatable bonds is 6. The summed E-state index contributed by atoms with van der Waals surface area (Å²) >= 11 is 0. The Morgan fingerprint density at radius 2 is 1.92 bits per heavy atom. The van der Waals surface area contributed by atoms with Gasteiger partial charge in [0.15, 0.2) is 6.61 Å². The van der Waals surface area contributed by atoms with Gasteiger partial charge in [0.25, 0.3) is 5.91 Å². The van der Waals surface area contributed by atoms with Crippen molar-refractivity contribution in [2.24, 2.45) is 0 Å². The molecule has 0 aromatic heterocycles. The lowest BCUT2D eigenvalue weighted by molar-refractivity contribution is -0.139. The van der Waals surface area contributed by atoms with E-state index in [4.69, 9.17) is 9.84 Å². The lowest BCUT2D eigenvalue weighted by Gasteiger charge is -2.43. The highest BCUT2D eigenvalue weighted by Crippen LogP contribution is 2.42. The molecular formula is C19H17F2NO4. The number of halogens is 2. The number of ether oxygens (including phenoxy) is 1. The predicted octanol–water partition coefficient (Wildman–Crippen LogP) is 3.24. The third-order valence-electron chi connectivity index (χ3n) is 4.47. The second-order valence-electron chi connectivity index (χ2n) is 6.22. The summed E-state index contributed by atoms with van der Waals surface area (Å²) in [6, 6.07) is 9.42. The summed E-state index contributed by atoms with van der Waals surface area (Å²) in [5.74, 6) is -2.68. The first-order valence-corrected chi connectivity index (χ1v) is 8.12. The molecule has 0 radical (unpaired) electrons. The Morgan fingerprint density at radius 3 is 2.54 bits per heavy atom. The summed E-state index contributed by atoms with van der Waals surface area (Å²) in [5, 5.41) is 11.5. The van der Waals surface area contributed by atoms with Crippen LogP contribution in [0.15, 0.2) is 42.5 Å². The zero-order valence-electron chi connectivity index (χ0n) is 13.8. The van der Waals surface area contributed by atoms with Crippen molar-refractivity contribution in [3.63, 3.8) is 0 Å². The van der Waals surface area contributed by atoms with Crippen molar-refractivity contribution in [3.05, 3.63) is 65.2 Å². The Morgan fingerprint density at radius 1 is 1.15 bits per heavy atom. The standard InChI is InChI=1S/C19H17F2NO4/c20-13-5-6-15(16(21)10-13)19(7-2-8-19)22-18(25)12-3-1-4-14(9-12)26-11-17(23)24/h1,3-6,9-10H,2,7-8,11H2,(H,22,25)(H,23,24). The zero-order valence-corrected chi connectivity index (χ0v) is 13.8. The highest BCUT2D eigenvalue weighted by molar-refractivity contribution is 5.95. The maximum atomic E-state index is 14.2. The van der Waals surface area contributed by atoms with Gasteiger partial charge in [0, 0.05) is 17.2 Å². The van der Waals surface area contributed by atoms with Gasteiger partial charge in [-0.1, -0.05) is 12.1 Å². The van der Waals surface area contributed by atoms with Crippen LogP contribution in [0.3, 0.4) is 0 Å². The summed E-state index contributed by atoms with van der Waals surface area (Å²) < 4.78 is 32.4. The first-order chi connectivity index (χ1) is 12.4. The van der Waals surface area contributed by atoms with E-state index in [1.54, 1.807) is 18.2 Å². The third-order valence-corrected chi connectivity index (χ3v) is 4.47. The summed E-state index contributed by atoms with van der Waals surface area (Å²) in [6.07, 6.45) is 1.92. The number of nitrogens with one attached hydrogen (secondary N) is 1. The minimum absolute atomic E-state index is 0.246. The van der Waals surface area contributed by atoms with Gasteiger partial charge in [-0.05, 0) is 43.5 Å². The van der Waals surface area contributed by atoms with Crippen molar-refractivity contribution in [2.75, 3.05) is 6.61 Å². The van der Waals surface area contributed by atoms with Gasteiger partial charge in [0.05, 0.1) is 5.54 Å². The minimum atomic E-state index is -1.12. The zero-order chi connectivity index (χ0) is 18.7. The van der Waals surface area contributed by atoms with E-state index >= 15 is 0 Å². The van der Waals surface area contributed by atoms with Crippen molar-refractivity contribution < 1.29 is 28.2 Å². The van der Waals surface area contributed by atoms with Gasteiger partial charge >= 0.3 is 5.97 Å². The molecule has 0 heterocycles. The molecule has 2 aromatic carbocycles. The molecule has 7 heteroatoms. The number of hydrogen-bond acceptors (Lipinski definition) is 3. The largest absolute Gasteiger partial charge is 0.482 e. The van der Waals surface area contributed by atoms with E-state index in [-0.39, 0.29) is 16.9 Å². The van der Waals surface area contributed by atoms with Crippen LogP contribution in [0.2, 0.25) is 0 Å². The molecule has 136 valence electrons. The van der Waals surface area contributed by atoms with Crippen LogP contribution in [0, 0.1) is 11.6 Å². The van der Waals surface area contributed by atoms with E-state index in [9.17, 15) is 18.4 Å². The molecule has 0 spiro atoms. The van der Waals surface area contributed by atoms with Crippen LogP contribution >= 0.6 is 0 Å².